The van der Waals surface area contributed by atoms with E-state index in [0.717, 1.165) is 0 Å². The molecule has 6 nitrogen and oxygen atoms in total. The number of imide groups is 2. The van der Waals surface area contributed by atoms with E-state index in [-0.39, 0.29) is 0 Å². The van der Waals surface area contributed by atoms with Crippen LogP contribution in [-0.4, -0.2) is 28.6 Å². The van der Waals surface area contributed by atoms with Crippen LogP contribution in [-0.2, 0) is 9.59 Å². The van der Waals surface area contributed by atoms with Crippen LogP contribution in [0.15, 0.2) is 0 Å². The van der Waals surface area contributed by atoms with Gasteiger partial charge in [0.15, 0.2) is 0 Å². The number of carbonyl (C=O) groups is 3. The highest BCUT2D eigenvalue weighted by Crippen LogP contribution is 2.26. The van der Waals surface area contributed by atoms with Gasteiger partial charge < -0.3 is 5.11 Å². The minimum absolute atomic E-state index is 0.474. The first-order valence-electron chi connectivity index (χ1n) is 4.86. The third-order valence-corrected chi connectivity index (χ3v) is 2.72. The number of nitrogens with one attached hydrogen (secondary N) is 2. The Morgan fingerprint density at radius 3 is 1.87 bits per heavy atom. The van der Waals surface area contributed by atoms with E-state index in [4.69, 9.17) is 0 Å². The maximum Gasteiger partial charge on any atom is 0.328 e. The fourth-order valence-corrected chi connectivity index (χ4v) is 1.78. The molecule has 15 heavy (non-hydrogen) atoms. The molecule has 0 saturated carbocycles. The molecule has 1 rings (SSSR count). The van der Waals surface area contributed by atoms with Crippen molar-refractivity contribution in [2.75, 3.05) is 0 Å². The van der Waals surface area contributed by atoms with E-state index in [1.165, 1.54) is 0 Å². The molecule has 0 spiro atoms. The van der Waals surface area contributed by atoms with E-state index in [9.17, 15) is 19.5 Å². The smallest absolute Gasteiger partial charge is 0.328 e. The number of hydrogen-bond donors (Lipinski definition) is 3. The van der Waals surface area contributed by atoms with E-state index in [1.807, 2.05) is 10.6 Å². The average molecular weight is 214 g/mol. The summed E-state index contributed by atoms with van der Waals surface area (Å²) in [5.41, 5.74) is -2.13. The van der Waals surface area contributed by atoms with Crippen LogP contribution in [0.1, 0.15) is 26.7 Å². The normalized spacial score (nSPS) is 20.1. The SMILES string of the molecule is CCC(CC)C1(O)C(=O)NC(=O)NC1=O. The Morgan fingerprint density at radius 1 is 1.13 bits per heavy atom. The lowest BCUT2D eigenvalue weighted by atomic mass is 9.81. The summed E-state index contributed by atoms with van der Waals surface area (Å²) in [4.78, 5) is 33.7. The molecule has 1 aliphatic heterocycles. The Bertz CT molecular complexity index is 289. The summed E-state index contributed by atoms with van der Waals surface area (Å²) >= 11 is 0. The summed E-state index contributed by atoms with van der Waals surface area (Å²) in [6.07, 6.45) is 0.948. The molecule has 0 bridgehead atoms. The number of aliphatic hydroxyl groups is 1. The molecule has 1 saturated heterocycles. The third-order valence-electron chi connectivity index (χ3n) is 2.72. The molecule has 84 valence electrons. The monoisotopic (exact) mass is 214 g/mol. The summed E-state index contributed by atoms with van der Waals surface area (Å²) in [6.45, 7) is 3.53. The van der Waals surface area contributed by atoms with Gasteiger partial charge in [0.05, 0.1) is 0 Å². The fraction of sp³-hybridized carbons (Fsp3) is 0.667. The third kappa shape index (κ3) is 1.72. The summed E-state index contributed by atoms with van der Waals surface area (Å²) < 4.78 is 0. The number of amides is 4. The van der Waals surface area contributed by atoms with Gasteiger partial charge in [-0.15, -0.1) is 0 Å². The van der Waals surface area contributed by atoms with Gasteiger partial charge in [0.1, 0.15) is 0 Å². The number of hydrogen-bond acceptors (Lipinski definition) is 4. The summed E-state index contributed by atoms with van der Waals surface area (Å²) in [7, 11) is 0. The first kappa shape index (κ1) is 11.6. The zero-order chi connectivity index (χ0) is 11.6. The van der Waals surface area contributed by atoms with E-state index in [0.29, 0.717) is 12.8 Å². The highest BCUT2D eigenvalue weighted by molar-refractivity contribution is 6.21. The highest BCUT2D eigenvalue weighted by atomic mass is 16.3. The van der Waals surface area contributed by atoms with Crippen molar-refractivity contribution in [1.29, 1.82) is 0 Å². The second kappa shape index (κ2) is 3.98. The van der Waals surface area contributed by atoms with Crippen molar-refractivity contribution in [3.05, 3.63) is 0 Å². The summed E-state index contributed by atoms with van der Waals surface area (Å²) in [5.74, 6) is -2.37. The maximum atomic E-state index is 11.5. The molecule has 6 heteroatoms. The van der Waals surface area contributed by atoms with E-state index in [1.54, 1.807) is 13.8 Å². The van der Waals surface area contributed by atoms with Gasteiger partial charge in [0, 0.05) is 5.92 Å². The van der Waals surface area contributed by atoms with Gasteiger partial charge >= 0.3 is 6.03 Å². The standard InChI is InChI=1S/C9H14N2O4/c1-3-5(4-2)9(15)6(12)10-8(14)11-7(9)13/h5,15H,3-4H2,1-2H3,(H2,10,11,12,13,14). The Kier molecular flexibility index (Phi) is 3.09. The molecule has 1 fully saturated rings. The lowest BCUT2D eigenvalue weighted by Gasteiger charge is -2.34. The van der Waals surface area contributed by atoms with Gasteiger partial charge in [0.2, 0.25) is 5.60 Å². The van der Waals surface area contributed by atoms with Crippen molar-refractivity contribution >= 4 is 17.8 Å². The molecule has 4 amide bonds. The molecule has 0 aromatic heterocycles. The summed E-state index contributed by atoms with van der Waals surface area (Å²) in [6, 6.07) is -0.888. The van der Waals surface area contributed by atoms with Crippen LogP contribution in [0.2, 0.25) is 0 Å². The minimum atomic E-state index is -2.13. The molecular weight excluding hydrogens is 200 g/mol. The van der Waals surface area contributed by atoms with Gasteiger partial charge in [-0.05, 0) is 12.8 Å². The molecule has 1 aliphatic rings. The van der Waals surface area contributed by atoms with Crippen LogP contribution in [0.25, 0.3) is 0 Å². The largest absolute Gasteiger partial charge is 0.371 e. The van der Waals surface area contributed by atoms with Crippen LogP contribution in [0.5, 0.6) is 0 Å². The molecule has 0 radical (unpaired) electrons. The van der Waals surface area contributed by atoms with Crippen molar-refractivity contribution in [2.45, 2.75) is 32.3 Å². The van der Waals surface area contributed by atoms with Gasteiger partial charge in [-0.1, -0.05) is 13.8 Å². The quantitative estimate of drug-likeness (QED) is 0.553. The zero-order valence-corrected chi connectivity index (χ0v) is 8.66. The first-order valence-corrected chi connectivity index (χ1v) is 4.86. The minimum Gasteiger partial charge on any atom is -0.371 e. The average Bonchev–Trinajstić information content (AvgIpc) is 2.16. The second-order valence-electron chi connectivity index (χ2n) is 3.52. The van der Waals surface area contributed by atoms with Crippen LogP contribution < -0.4 is 10.6 Å². The van der Waals surface area contributed by atoms with Crippen LogP contribution in [0.4, 0.5) is 4.79 Å². The van der Waals surface area contributed by atoms with E-state index < -0.39 is 29.4 Å². The Balaban J connectivity index is 3.03. The molecule has 0 aliphatic carbocycles. The molecule has 0 unspecified atom stereocenters. The predicted molar refractivity (Wildman–Crippen MR) is 50.7 cm³/mol. The van der Waals surface area contributed by atoms with Gasteiger partial charge in [0.25, 0.3) is 11.8 Å². The lowest BCUT2D eigenvalue weighted by Crippen LogP contribution is -2.69. The second-order valence-corrected chi connectivity index (χ2v) is 3.52. The Labute approximate surface area is 87.0 Å². The van der Waals surface area contributed by atoms with Crippen molar-refractivity contribution in [3.63, 3.8) is 0 Å². The van der Waals surface area contributed by atoms with Gasteiger partial charge in [-0.2, -0.15) is 0 Å². The van der Waals surface area contributed by atoms with Crippen LogP contribution >= 0.6 is 0 Å². The maximum absolute atomic E-state index is 11.5. The van der Waals surface area contributed by atoms with E-state index >= 15 is 0 Å². The Hall–Kier alpha value is -1.43. The first-order chi connectivity index (χ1) is 6.96. The molecule has 0 aromatic rings. The van der Waals surface area contributed by atoms with Crippen LogP contribution in [0.3, 0.4) is 0 Å². The molecule has 0 atom stereocenters. The molecule has 0 aromatic carbocycles. The fourth-order valence-electron chi connectivity index (χ4n) is 1.78. The summed E-state index contributed by atoms with van der Waals surface area (Å²) in [5, 5.41) is 13.8. The van der Waals surface area contributed by atoms with Crippen molar-refractivity contribution in [2.24, 2.45) is 5.92 Å². The number of barbiturate groups is 1. The lowest BCUT2D eigenvalue weighted by molar-refractivity contribution is -0.161. The Morgan fingerprint density at radius 2 is 1.53 bits per heavy atom. The predicted octanol–water partition coefficient (Wildman–Crippen LogP) is -0.480. The highest BCUT2D eigenvalue weighted by Gasteiger charge is 2.53. The number of urea groups is 1. The van der Waals surface area contributed by atoms with E-state index in [2.05, 4.69) is 0 Å². The topological polar surface area (TPSA) is 95.5 Å². The zero-order valence-electron chi connectivity index (χ0n) is 8.66. The van der Waals surface area contributed by atoms with Gasteiger partial charge in [-0.3, -0.25) is 20.2 Å². The van der Waals surface area contributed by atoms with Crippen molar-refractivity contribution < 1.29 is 19.5 Å². The van der Waals surface area contributed by atoms with Crippen molar-refractivity contribution in [3.8, 4) is 0 Å². The van der Waals surface area contributed by atoms with Crippen LogP contribution in [0, 0.1) is 5.92 Å². The van der Waals surface area contributed by atoms with Crippen molar-refractivity contribution in [1.82, 2.24) is 10.6 Å². The molecule has 1 heterocycles. The number of carbonyl (C=O) groups excluding carboxylic acids is 3. The number of rotatable bonds is 3. The molecular formula is C9H14N2O4. The molecule has 3 N–H and O–H groups in total. The van der Waals surface area contributed by atoms with Gasteiger partial charge in [-0.25, -0.2) is 4.79 Å².